The van der Waals surface area contributed by atoms with E-state index >= 15 is 0 Å². The van der Waals surface area contributed by atoms with Gasteiger partial charge < -0.3 is 10.1 Å². The number of Topliss-reactive ketones (excluding diaryl/α,β-unsaturated/α-hetero) is 1. The summed E-state index contributed by atoms with van der Waals surface area (Å²) in [6.45, 7) is 4.00. The molecule has 0 spiro atoms. The summed E-state index contributed by atoms with van der Waals surface area (Å²) >= 11 is 0. The van der Waals surface area contributed by atoms with Gasteiger partial charge in [0.25, 0.3) is 0 Å². The number of rotatable bonds is 5. The standard InChI is InChI=1S/C31H28N2O3/c1-20-13-25(14-21(2)32-20)23-7-6-8-24(17-23)30-19-27(34)18-26-15-22(11-12-29(26)33-30)16-31(35)36-28-9-4-3-5-10-28/h3-15,17,30,33H,16,18-19H2,1-2H3. The summed E-state index contributed by atoms with van der Waals surface area (Å²) in [6, 6.07) is 27.2. The van der Waals surface area contributed by atoms with Crippen LogP contribution in [0.25, 0.3) is 11.1 Å². The fourth-order valence-corrected chi connectivity index (χ4v) is 4.76. The number of benzene rings is 3. The van der Waals surface area contributed by atoms with Crippen molar-refractivity contribution in [3.63, 3.8) is 0 Å². The molecule has 0 aliphatic carbocycles. The van der Waals surface area contributed by atoms with Crippen LogP contribution in [0.1, 0.15) is 40.5 Å². The fraction of sp³-hybridized carbons (Fsp3) is 0.194. The average Bonchev–Trinajstić information content (AvgIpc) is 3.02. The maximum atomic E-state index is 12.9. The zero-order valence-corrected chi connectivity index (χ0v) is 20.5. The highest BCUT2D eigenvalue weighted by molar-refractivity contribution is 5.86. The van der Waals surface area contributed by atoms with Crippen LogP contribution < -0.4 is 10.1 Å². The number of nitrogens with one attached hydrogen (secondary N) is 1. The third-order valence-corrected chi connectivity index (χ3v) is 6.35. The maximum Gasteiger partial charge on any atom is 0.315 e. The highest BCUT2D eigenvalue weighted by Gasteiger charge is 2.23. The normalized spacial score (nSPS) is 14.9. The average molecular weight is 477 g/mol. The quantitative estimate of drug-likeness (QED) is 0.275. The summed E-state index contributed by atoms with van der Waals surface area (Å²) < 4.78 is 5.42. The topological polar surface area (TPSA) is 68.3 Å². The molecule has 0 fully saturated rings. The van der Waals surface area contributed by atoms with Gasteiger partial charge >= 0.3 is 5.97 Å². The van der Waals surface area contributed by atoms with Crippen molar-refractivity contribution in [2.75, 3.05) is 5.32 Å². The Labute approximate surface area is 211 Å². The summed E-state index contributed by atoms with van der Waals surface area (Å²) in [5.74, 6) is 0.359. The van der Waals surface area contributed by atoms with Gasteiger partial charge in [0, 0.05) is 29.9 Å². The number of ether oxygens (including phenoxy) is 1. The number of fused-ring (bicyclic) bond motifs is 1. The first-order chi connectivity index (χ1) is 17.4. The Balaban J connectivity index is 1.35. The molecule has 3 aromatic carbocycles. The van der Waals surface area contributed by atoms with Gasteiger partial charge in [-0.25, -0.2) is 0 Å². The molecule has 0 saturated carbocycles. The number of aromatic nitrogens is 1. The molecule has 1 unspecified atom stereocenters. The lowest BCUT2D eigenvalue weighted by Gasteiger charge is -2.19. The number of carbonyl (C=O) groups excluding carboxylic acids is 2. The van der Waals surface area contributed by atoms with Crippen LogP contribution in [0, 0.1) is 13.8 Å². The minimum Gasteiger partial charge on any atom is -0.426 e. The van der Waals surface area contributed by atoms with Crippen molar-refractivity contribution in [1.82, 2.24) is 4.98 Å². The molecule has 2 heterocycles. The molecule has 0 radical (unpaired) electrons. The summed E-state index contributed by atoms with van der Waals surface area (Å²) in [4.78, 5) is 29.8. The van der Waals surface area contributed by atoms with Crippen molar-refractivity contribution in [1.29, 1.82) is 0 Å². The summed E-state index contributed by atoms with van der Waals surface area (Å²) in [7, 11) is 0. The fourth-order valence-electron chi connectivity index (χ4n) is 4.76. The molecule has 180 valence electrons. The van der Waals surface area contributed by atoms with Gasteiger partial charge in [-0.2, -0.15) is 0 Å². The number of nitrogens with zero attached hydrogens (tertiary/aromatic N) is 1. The first-order valence-corrected chi connectivity index (χ1v) is 12.1. The van der Waals surface area contributed by atoms with Gasteiger partial charge in [-0.05, 0) is 78.1 Å². The van der Waals surface area contributed by atoms with Gasteiger partial charge in [-0.1, -0.05) is 48.5 Å². The highest BCUT2D eigenvalue weighted by atomic mass is 16.5. The van der Waals surface area contributed by atoms with Crippen LogP contribution in [0.2, 0.25) is 0 Å². The van der Waals surface area contributed by atoms with Crippen LogP contribution >= 0.6 is 0 Å². The lowest BCUT2D eigenvalue weighted by Crippen LogP contribution is -2.13. The molecule has 0 saturated heterocycles. The lowest BCUT2D eigenvalue weighted by atomic mass is 9.96. The van der Waals surface area contributed by atoms with E-state index in [4.69, 9.17) is 4.74 Å². The predicted octanol–water partition coefficient (Wildman–Crippen LogP) is 6.18. The predicted molar refractivity (Wildman–Crippen MR) is 141 cm³/mol. The molecule has 5 rings (SSSR count). The van der Waals surface area contributed by atoms with Crippen molar-refractivity contribution < 1.29 is 14.3 Å². The molecule has 0 bridgehead atoms. The van der Waals surface area contributed by atoms with Crippen LogP contribution in [0.5, 0.6) is 5.75 Å². The van der Waals surface area contributed by atoms with Crippen molar-refractivity contribution in [2.24, 2.45) is 0 Å². The molecule has 4 aromatic rings. The van der Waals surface area contributed by atoms with Crippen LogP contribution in [0.4, 0.5) is 5.69 Å². The van der Waals surface area contributed by atoms with Crippen molar-refractivity contribution in [3.8, 4) is 16.9 Å². The van der Waals surface area contributed by atoms with Gasteiger partial charge in [0.05, 0.1) is 12.5 Å². The number of para-hydroxylation sites is 1. The van der Waals surface area contributed by atoms with E-state index in [0.29, 0.717) is 18.6 Å². The Morgan fingerprint density at radius 1 is 0.917 bits per heavy atom. The van der Waals surface area contributed by atoms with E-state index in [-0.39, 0.29) is 24.2 Å². The number of hydrogen-bond acceptors (Lipinski definition) is 5. The van der Waals surface area contributed by atoms with Crippen molar-refractivity contribution in [2.45, 2.75) is 39.2 Å². The van der Waals surface area contributed by atoms with Gasteiger partial charge in [0.15, 0.2) is 0 Å². The number of carbonyl (C=O) groups is 2. The molecule has 1 aromatic heterocycles. The van der Waals surface area contributed by atoms with E-state index in [0.717, 1.165) is 44.9 Å². The zero-order chi connectivity index (χ0) is 25.1. The summed E-state index contributed by atoms with van der Waals surface area (Å²) in [6.07, 6.45) is 0.882. The number of hydrogen-bond donors (Lipinski definition) is 1. The van der Waals surface area contributed by atoms with Crippen LogP contribution in [0.15, 0.2) is 84.9 Å². The van der Waals surface area contributed by atoms with Gasteiger partial charge in [-0.15, -0.1) is 0 Å². The Kier molecular flexibility index (Phi) is 6.63. The molecular weight excluding hydrogens is 448 g/mol. The first kappa shape index (κ1) is 23.5. The van der Waals surface area contributed by atoms with Gasteiger partial charge in [0.2, 0.25) is 0 Å². The van der Waals surface area contributed by atoms with Crippen LogP contribution in [0.3, 0.4) is 0 Å². The Bertz CT molecular complexity index is 1410. The number of esters is 1. The lowest BCUT2D eigenvalue weighted by molar-refractivity contribution is -0.133. The number of anilines is 1. The molecular formula is C31H28N2O3. The second-order valence-corrected chi connectivity index (χ2v) is 9.34. The minimum atomic E-state index is -0.328. The zero-order valence-electron chi connectivity index (χ0n) is 20.5. The second-order valence-electron chi connectivity index (χ2n) is 9.34. The molecule has 1 aliphatic heterocycles. The number of ketones is 1. The van der Waals surface area contributed by atoms with E-state index in [1.54, 1.807) is 12.1 Å². The summed E-state index contributed by atoms with van der Waals surface area (Å²) in [5, 5.41) is 3.58. The first-order valence-electron chi connectivity index (χ1n) is 12.1. The number of aryl methyl sites for hydroxylation is 2. The third kappa shape index (κ3) is 5.52. The van der Waals surface area contributed by atoms with E-state index in [1.807, 2.05) is 56.3 Å². The molecule has 5 nitrogen and oxygen atoms in total. The molecule has 1 aliphatic rings. The number of pyridine rings is 1. The second kappa shape index (κ2) is 10.2. The third-order valence-electron chi connectivity index (χ3n) is 6.35. The molecule has 5 heteroatoms. The molecule has 36 heavy (non-hydrogen) atoms. The van der Waals surface area contributed by atoms with E-state index in [2.05, 4.69) is 40.6 Å². The smallest absolute Gasteiger partial charge is 0.315 e. The Morgan fingerprint density at radius 3 is 2.47 bits per heavy atom. The molecule has 1 N–H and O–H groups in total. The van der Waals surface area contributed by atoms with Crippen LogP contribution in [-0.2, 0) is 22.4 Å². The van der Waals surface area contributed by atoms with Crippen molar-refractivity contribution in [3.05, 3.63) is 113 Å². The Hall–Kier alpha value is -4.25. The Morgan fingerprint density at radius 2 is 1.69 bits per heavy atom. The SMILES string of the molecule is Cc1cc(-c2cccc(C3CC(=O)Cc4cc(CC(=O)Oc5ccccc5)ccc4N3)c2)cc(C)n1. The molecule has 1 atom stereocenters. The van der Waals surface area contributed by atoms with Crippen LogP contribution in [-0.4, -0.2) is 16.7 Å². The van der Waals surface area contributed by atoms with E-state index in [1.165, 1.54) is 0 Å². The maximum absolute atomic E-state index is 12.9. The summed E-state index contributed by atoms with van der Waals surface area (Å²) in [5.41, 5.74) is 7.91. The van der Waals surface area contributed by atoms with E-state index in [9.17, 15) is 9.59 Å². The largest absolute Gasteiger partial charge is 0.426 e. The minimum absolute atomic E-state index is 0.128. The highest BCUT2D eigenvalue weighted by Crippen LogP contribution is 2.33. The molecule has 0 amide bonds. The monoisotopic (exact) mass is 476 g/mol. The van der Waals surface area contributed by atoms with Crippen molar-refractivity contribution >= 4 is 17.4 Å². The van der Waals surface area contributed by atoms with Gasteiger partial charge in [0.1, 0.15) is 11.5 Å². The van der Waals surface area contributed by atoms with Gasteiger partial charge in [-0.3, -0.25) is 14.6 Å². The van der Waals surface area contributed by atoms with E-state index < -0.39 is 0 Å².